The molecule has 6 heteroatoms. The molecule has 2 rings (SSSR count). The van der Waals surface area contributed by atoms with Gasteiger partial charge in [-0.25, -0.2) is 0 Å². The third kappa shape index (κ3) is 3.14. The van der Waals surface area contributed by atoms with Crippen LogP contribution >= 0.6 is 0 Å². The van der Waals surface area contributed by atoms with Gasteiger partial charge in [-0.05, 0) is 31.4 Å². The average molecular weight is 279 g/mol. The van der Waals surface area contributed by atoms with Crippen LogP contribution in [0.25, 0.3) is 0 Å². The van der Waals surface area contributed by atoms with Gasteiger partial charge >= 0.3 is 5.69 Å². The first kappa shape index (κ1) is 14.5. The molecule has 1 fully saturated rings. The van der Waals surface area contributed by atoms with Gasteiger partial charge in [0, 0.05) is 18.6 Å². The largest absolute Gasteiger partial charge is 0.479 e. The lowest BCUT2D eigenvalue weighted by molar-refractivity contribution is -0.385. The Morgan fingerprint density at radius 2 is 2.25 bits per heavy atom. The van der Waals surface area contributed by atoms with Gasteiger partial charge in [-0.3, -0.25) is 14.9 Å². The Hall–Kier alpha value is -1.95. The summed E-state index contributed by atoms with van der Waals surface area (Å²) in [5, 5.41) is 11.0. The second kappa shape index (κ2) is 6.00. The molecule has 20 heavy (non-hydrogen) atoms. The molecule has 1 saturated heterocycles. The van der Waals surface area contributed by atoms with Gasteiger partial charge in [0.15, 0.2) is 5.78 Å². The van der Waals surface area contributed by atoms with Gasteiger partial charge in [0.05, 0.1) is 11.5 Å². The third-order valence-corrected chi connectivity index (χ3v) is 3.34. The van der Waals surface area contributed by atoms with Gasteiger partial charge in [-0.2, -0.15) is 0 Å². The number of carbonyl (C=O) groups is 1. The number of benzene rings is 1. The van der Waals surface area contributed by atoms with Crippen LogP contribution in [0.4, 0.5) is 5.69 Å². The van der Waals surface area contributed by atoms with Gasteiger partial charge in [-0.1, -0.05) is 6.07 Å². The van der Waals surface area contributed by atoms with Crippen LogP contribution in [-0.4, -0.2) is 30.5 Å². The van der Waals surface area contributed by atoms with Crippen LogP contribution in [-0.2, 0) is 9.53 Å². The predicted molar refractivity (Wildman–Crippen MR) is 72.0 cm³/mol. The Balaban J connectivity index is 2.12. The molecule has 0 amide bonds. The quantitative estimate of drug-likeness (QED) is 0.610. The van der Waals surface area contributed by atoms with Gasteiger partial charge in [0.2, 0.25) is 5.75 Å². The van der Waals surface area contributed by atoms with E-state index in [2.05, 4.69) is 0 Å². The number of ketones is 1. The fourth-order valence-electron chi connectivity index (χ4n) is 2.30. The van der Waals surface area contributed by atoms with E-state index < -0.39 is 4.92 Å². The van der Waals surface area contributed by atoms with Crippen LogP contribution in [0.5, 0.6) is 5.75 Å². The highest BCUT2D eigenvalue weighted by Gasteiger charge is 2.25. The zero-order valence-electron chi connectivity index (χ0n) is 11.5. The summed E-state index contributed by atoms with van der Waals surface area (Å²) in [5.74, 6) is -0.0514. The van der Waals surface area contributed by atoms with Crippen LogP contribution in [0.1, 0.15) is 17.5 Å². The van der Waals surface area contributed by atoms with E-state index in [-0.39, 0.29) is 29.7 Å². The summed E-state index contributed by atoms with van der Waals surface area (Å²) in [7, 11) is 0. The van der Waals surface area contributed by atoms with E-state index in [4.69, 9.17) is 9.47 Å². The molecule has 0 saturated carbocycles. The fraction of sp³-hybridized carbons (Fsp3) is 0.500. The number of hydrogen-bond acceptors (Lipinski definition) is 5. The number of nitro benzene ring substituents is 1. The summed E-state index contributed by atoms with van der Waals surface area (Å²) in [6.45, 7) is 4.36. The molecule has 1 heterocycles. The highest BCUT2D eigenvalue weighted by atomic mass is 16.6. The standard InChI is InChI=1S/C14H17NO5/c1-9-5-10(2)14(12(6-9)15(17)18)20-8-13(16)11-3-4-19-7-11/h5-6,11H,3-4,7-8H2,1-2H3. The number of nitro groups is 1. The summed E-state index contributed by atoms with van der Waals surface area (Å²) in [4.78, 5) is 22.5. The summed E-state index contributed by atoms with van der Waals surface area (Å²) in [6, 6.07) is 3.25. The number of Topliss-reactive ketones (excluding diaryl/α,β-unsaturated/α-hetero) is 1. The van der Waals surface area contributed by atoms with Gasteiger partial charge in [-0.15, -0.1) is 0 Å². The Labute approximate surface area is 116 Å². The minimum Gasteiger partial charge on any atom is -0.479 e. The first-order chi connectivity index (χ1) is 9.49. The lowest BCUT2D eigenvalue weighted by Crippen LogP contribution is -2.22. The van der Waals surface area contributed by atoms with Gasteiger partial charge in [0.25, 0.3) is 0 Å². The molecule has 0 radical (unpaired) electrons. The lowest BCUT2D eigenvalue weighted by Gasteiger charge is -2.11. The second-order valence-electron chi connectivity index (χ2n) is 5.00. The van der Waals surface area contributed by atoms with Crippen molar-refractivity contribution in [1.29, 1.82) is 0 Å². The van der Waals surface area contributed by atoms with Crippen LogP contribution < -0.4 is 4.74 Å². The van der Waals surface area contributed by atoms with Crippen LogP contribution in [0.2, 0.25) is 0 Å². The van der Waals surface area contributed by atoms with E-state index in [0.717, 1.165) is 5.56 Å². The number of rotatable bonds is 5. The molecule has 1 aliphatic rings. The molecule has 0 aromatic heterocycles. The van der Waals surface area contributed by atoms with Gasteiger partial charge in [0.1, 0.15) is 6.61 Å². The number of aryl methyl sites for hydroxylation is 2. The van der Waals surface area contributed by atoms with Crippen molar-refractivity contribution in [2.45, 2.75) is 20.3 Å². The zero-order valence-corrected chi connectivity index (χ0v) is 11.5. The van der Waals surface area contributed by atoms with E-state index in [0.29, 0.717) is 25.2 Å². The maximum atomic E-state index is 11.9. The molecule has 1 aliphatic heterocycles. The molecule has 0 N–H and O–H groups in total. The van der Waals surface area contributed by atoms with Crippen molar-refractivity contribution in [1.82, 2.24) is 0 Å². The number of carbonyl (C=O) groups excluding carboxylic acids is 1. The van der Waals surface area contributed by atoms with Crippen molar-refractivity contribution in [3.8, 4) is 5.75 Å². The number of ether oxygens (including phenoxy) is 2. The summed E-state index contributed by atoms with van der Waals surface area (Å²) < 4.78 is 10.6. The summed E-state index contributed by atoms with van der Waals surface area (Å²) in [6.07, 6.45) is 0.692. The van der Waals surface area contributed by atoms with Crippen LogP contribution in [0, 0.1) is 29.9 Å². The molecule has 6 nitrogen and oxygen atoms in total. The fourth-order valence-corrected chi connectivity index (χ4v) is 2.30. The highest BCUT2D eigenvalue weighted by molar-refractivity contribution is 5.83. The van der Waals surface area contributed by atoms with Crippen LogP contribution in [0.3, 0.4) is 0 Å². The van der Waals surface area contributed by atoms with E-state index in [9.17, 15) is 14.9 Å². The summed E-state index contributed by atoms with van der Waals surface area (Å²) in [5.41, 5.74) is 1.35. The molecule has 0 bridgehead atoms. The van der Waals surface area contributed by atoms with E-state index in [1.165, 1.54) is 6.07 Å². The molecule has 1 unspecified atom stereocenters. The number of hydrogen-bond donors (Lipinski definition) is 0. The van der Waals surface area contributed by atoms with Crippen LogP contribution in [0.15, 0.2) is 12.1 Å². The second-order valence-corrected chi connectivity index (χ2v) is 5.00. The minimum absolute atomic E-state index is 0.0724. The Kier molecular flexibility index (Phi) is 4.34. The topological polar surface area (TPSA) is 78.7 Å². The van der Waals surface area contributed by atoms with Crippen molar-refractivity contribution in [3.05, 3.63) is 33.4 Å². The highest BCUT2D eigenvalue weighted by Crippen LogP contribution is 2.32. The molecule has 1 aromatic rings. The SMILES string of the molecule is Cc1cc(C)c(OCC(=O)C2CCOC2)c([N+](=O)[O-])c1. The molecule has 1 aromatic carbocycles. The molecule has 108 valence electrons. The third-order valence-electron chi connectivity index (χ3n) is 3.34. The smallest absolute Gasteiger partial charge is 0.311 e. The van der Waals surface area contributed by atoms with Gasteiger partial charge < -0.3 is 9.47 Å². The molecule has 0 spiro atoms. The molecular weight excluding hydrogens is 262 g/mol. The predicted octanol–water partition coefficient (Wildman–Crippen LogP) is 2.20. The molecular formula is C14H17NO5. The average Bonchev–Trinajstić information content (AvgIpc) is 2.90. The monoisotopic (exact) mass is 279 g/mol. The minimum atomic E-state index is -0.488. The van der Waals surface area contributed by atoms with Crippen molar-refractivity contribution in [2.24, 2.45) is 5.92 Å². The zero-order chi connectivity index (χ0) is 14.7. The first-order valence-corrected chi connectivity index (χ1v) is 6.48. The normalized spacial score (nSPS) is 18.0. The van der Waals surface area contributed by atoms with E-state index in [1.54, 1.807) is 19.9 Å². The van der Waals surface area contributed by atoms with E-state index in [1.807, 2.05) is 0 Å². The Morgan fingerprint density at radius 3 is 2.85 bits per heavy atom. The van der Waals surface area contributed by atoms with Crippen molar-refractivity contribution < 1.29 is 19.2 Å². The molecule has 0 aliphatic carbocycles. The van der Waals surface area contributed by atoms with Crippen molar-refractivity contribution in [3.63, 3.8) is 0 Å². The number of nitrogens with zero attached hydrogens (tertiary/aromatic N) is 1. The Morgan fingerprint density at radius 1 is 1.50 bits per heavy atom. The van der Waals surface area contributed by atoms with Crippen molar-refractivity contribution in [2.75, 3.05) is 19.8 Å². The Bertz CT molecular complexity index is 535. The lowest BCUT2D eigenvalue weighted by atomic mass is 10.0. The maximum absolute atomic E-state index is 11.9. The maximum Gasteiger partial charge on any atom is 0.311 e. The van der Waals surface area contributed by atoms with E-state index >= 15 is 0 Å². The summed E-state index contributed by atoms with van der Waals surface area (Å²) >= 11 is 0. The van der Waals surface area contributed by atoms with Crippen molar-refractivity contribution >= 4 is 11.5 Å². The molecule has 1 atom stereocenters. The first-order valence-electron chi connectivity index (χ1n) is 6.48.